The van der Waals surface area contributed by atoms with Crippen LogP contribution in [0.4, 0.5) is 0 Å². The minimum Gasteiger partial charge on any atom is -0.316 e. The van der Waals surface area contributed by atoms with E-state index >= 15 is 0 Å². The van der Waals surface area contributed by atoms with Crippen LogP contribution in [0.3, 0.4) is 0 Å². The highest BCUT2D eigenvalue weighted by Gasteiger charge is 2.26. The van der Waals surface area contributed by atoms with Crippen LogP contribution in [0.1, 0.15) is 41.0 Å². The van der Waals surface area contributed by atoms with Gasteiger partial charge in [0.2, 0.25) is 0 Å². The van der Waals surface area contributed by atoms with E-state index in [1.807, 2.05) is 0 Å². The summed E-state index contributed by atoms with van der Waals surface area (Å²) < 4.78 is 0. The summed E-state index contributed by atoms with van der Waals surface area (Å²) in [5.74, 6) is 0.856. The number of nitrogens with one attached hydrogen (secondary N) is 2. The summed E-state index contributed by atoms with van der Waals surface area (Å²) in [6.45, 7) is 15.1. The zero-order valence-corrected chi connectivity index (χ0v) is 10.4. The minimum absolute atomic E-state index is 0.272. The van der Waals surface area contributed by atoms with Gasteiger partial charge in [-0.1, -0.05) is 20.8 Å². The molecule has 0 amide bonds. The standard InChI is InChI=1S/C12H26N2/c1-11(2,3)9-12(4,5)14-8-10-6-13-7-10/h10,13-14H,6-9H2,1-5H3. The van der Waals surface area contributed by atoms with Gasteiger partial charge >= 0.3 is 0 Å². The molecule has 1 heterocycles. The van der Waals surface area contributed by atoms with Crippen molar-refractivity contribution in [1.29, 1.82) is 0 Å². The second-order valence-electron chi connectivity index (χ2n) is 6.53. The molecule has 14 heavy (non-hydrogen) atoms. The Labute approximate surface area is 88.8 Å². The first-order valence-electron chi connectivity index (χ1n) is 5.74. The Bertz CT molecular complexity index is 175. The predicted octanol–water partition coefficient (Wildman–Crippen LogP) is 2.01. The van der Waals surface area contributed by atoms with E-state index in [9.17, 15) is 0 Å². The number of hydrogen-bond donors (Lipinski definition) is 2. The van der Waals surface area contributed by atoms with Crippen LogP contribution < -0.4 is 10.6 Å². The summed E-state index contributed by atoms with van der Waals surface area (Å²) >= 11 is 0. The highest BCUT2D eigenvalue weighted by molar-refractivity contribution is 4.86. The fourth-order valence-electron chi connectivity index (χ4n) is 2.30. The first-order chi connectivity index (χ1) is 6.29. The molecule has 2 nitrogen and oxygen atoms in total. The molecular formula is C12H26N2. The van der Waals surface area contributed by atoms with Gasteiger partial charge in [0.1, 0.15) is 0 Å². The van der Waals surface area contributed by atoms with Crippen LogP contribution in [-0.4, -0.2) is 25.2 Å². The van der Waals surface area contributed by atoms with Gasteiger partial charge in [0, 0.05) is 25.2 Å². The maximum Gasteiger partial charge on any atom is 0.0130 e. The van der Waals surface area contributed by atoms with Gasteiger partial charge in [0.25, 0.3) is 0 Å². The van der Waals surface area contributed by atoms with Crippen LogP contribution in [0.25, 0.3) is 0 Å². The van der Waals surface area contributed by atoms with E-state index in [0.29, 0.717) is 5.41 Å². The van der Waals surface area contributed by atoms with Crippen LogP contribution in [0, 0.1) is 11.3 Å². The van der Waals surface area contributed by atoms with Gasteiger partial charge in [0.15, 0.2) is 0 Å². The molecular weight excluding hydrogens is 172 g/mol. The van der Waals surface area contributed by atoms with Gasteiger partial charge in [-0.2, -0.15) is 0 Å². The fraction of sp³-hybridized carbons (Fsp3) is 1.00. The third-order valence-corrected chi connectivity index (χ3v) is 2.71. The molecule has 0 spiro atoms. The smallest absolute Gasteiger partial charge is 0.0130 e. The molecule has 0 saturated carbocycles. The molecule has 0 unspecified atom stereocenters. The van der Waals surface area contributed by atoms with Gasteiger partial charge in [-0.3, -0.25) is 0 Å². The quantitative estimate of drug-likeness (QED) is 0.722. The van der Waals surface area contributed by atoms with Crippen molar-refractivity contribution in [1.82, 2.24) is 10.6 Å². The molecule has 1 aliphatic rings. The Hall–Kier alpha value is -0.0800. The lowest BCUT2D eigenvalue weighted by molar-refractivity contribution is 0.217. The Morgan fingerprint density at radius 2 is 1.71 bits per heavy atom. The van der Waals surface area contributed by atoms with Crippen molar-refractivity contribution in [3.63, 3.8) is 0 Å². The molecule has 0 aromatic heterocycles. The molecule has 0 atom stereocenters. The molecule has 2 N–H and O–H groups in total. The first kappa shape index (κ1) is 12.0. The largest absolute Gasteiger partial charge is 0.316 e. The molecule has 0 aromatic rings. The highest BCUT2D eigenvalue weighted by Crippen LogP contribution is 2.26. The topological polar surface area (TPSA) is 24.1 Å². The molecule has 2 heteroatoms. The lowest BCUT2D eigenvalue weighted by Gasteiger charge is -2.36. The molecule has 1 saturated heterocycles. The van der Waals surface area contributed by atoms with Gasteiger partial charge in [0.05, 0.1) is 0 Å². The predicted molar refractivity (Wildman–Crippen MR) is 62.5 cm³/mol. The van der Waals surface area contributed by atoms with Crippen LogP contribution in [-0.2, 0) is 0 Å². The van der Waals surface area contributed by atoms with Crippen molar-refractivity contribution in [2.24, 2.45) is 11.3 Å². The van der Waals surface area contributed by atoms with Crippen molar-refractivity contribution in [2.75, 3.05) is 19.6 Å². The third-order valence-electron chi connectivity index (χ3n) is 2.71. The molecule has 0 bridgehead atoms. The maximum absolute atomic E-state index is 3.68. The Morgan fingerprint density at radius 3 is 2.07 bits per heavy atom. The monoisotopic (exact) mass is 198 g/mol. The molecule has 0 aliphatic carbocycles. The first-order valence-corrected chi connectivity index (χ1v) is 5.74. The van der Waals surface area contributed by atoms with Crippen molar-refractivity contribution in [3.05, 3.63) is 0 Å². The van der Waals surface area contributed by atoms with Crippen molar-refractivity contribution < 1.29 is 0 Å². The van der Waals surface area contributed by atoms with E-state index in [1.54, 1.807) is 0 Å². The van der Waals surface area contributed by atoms with E-state index in [4.69, 9.17) is 0 Å². The van der Waals surface area contributed by atoms with E-state index in [2.05, 4.69) is 45.3 Å². The average molecular weight is 198 g/mol. The molecule has 0 radical (unpaired) electrons. The highest BCUT2D eigenvalue weighted by atomic mass is 15.0. The SMILES string of the molecule is CC(C)(C)CC(C)(C)NCC1CNC1. The zero-order chi connectivity index (χ0) is 10.8. The third kappa shape index (κ3) is 4.43. The van der Waals surface area contributed by atoms with Crippen molar-refractivity contribution in [2.45, 2.75) is 46.6 Å². The molecule has 84 valence electrons. The van der Waals surface area contributed by atoms with Crippen molar-refractivity contribution in [3.8, 4) is 0 Å². The van der Waals surface area contributed by atoms with E-state index in [0.717, 1.165) is 12.5 Å². The molecule has 0 aromatic carbocycles. The van der Waals surface area contributed by atoms with E-state index < -0.39 is 0 Å². The molecule has 1 fully saturated rings. The normalized spacial score (nSPS) is 19.5. The average Bonchev–Trinajstić information content (AvgIpc) is 1.75. The van der Waals surface area contributed by atoms with Gasteiger partial charge in [-0.05, 0) is 31.6 Å². The van der Waals surface area contributed by atoms with Crippen LogP contribution >= 0.6 is 0 Å². The minimum atomic E-state index is 0.272. The summed E-state index contributed by atoms with van der Waals surface area (Å²) in [7, 11) is 0. The van der Waals surface area contributed by atoms with E-state index in [-0.39, 0.29) is 5.54 Å². The number of hydrogen-bond acceptors (Lipinski definition) is 2. The van der Waals surface area contributed by atoms with Gasteiger partial charge in [-0.25, -0.2) is 0 Å². The summed E-state index contributed by atoms with van der Waals surface area (Å²) in [4.78, 5) is 0. The summed E-state index contributed by atoms with van der Waals surface area (Å²) in [6.07, 6.45) is 1.22. The Balaban J connectivity index is 2.25. The van der Waals surface area contributed by atoms with Crippen LogP contribution in [0.5, 0.6) is 0 Å². The summed E-state index contributed by atoms with van der Waals surface area (Å²) in [6, 6.07) is 0. The number of rotatable bonds is 4. The Morgan fingerprint density at radius 1 is 1.14 bits per heavy atom. The second kappa shape index (κ2) is 4.19. The lowest BCUT2D eigenvalue weighted by atomic mass is 9.81. The summed E-state index contributed by atoms with van der Waals surface area (Å²) in [5, 5.41) is 6.98. The molecule has 1 rings (SSSR count). The van der Waals surface area contributed by atoms with E-state index in [1.165, 1.54) is 19.5 Å². The maximum atomic E-state index is 3.68. The van der Waals surface area contributed by atoms with Crippen LogP contribution in [0.15, 0.2) is 0 Å². The van der Waals surface area contributed by atoms with Gasteiger partial charge < -0.3 is 10.6 Å². The molecule has 1 aliphatic heterocycles. The fourth-order valence-corrected chi connectivity index (χ4v) is 2.30. The zero-order valence-electron chi connectivity index (χ0n) is 10.4. The lowest BCUT2D eigenvalue weighted by Crippen LogP contribution is -2.52. The Kier molecular flexibility index (Phi) is 3.59. The summed E-state index contributed by atoms with van der Waals surface area (Å²) in [5.41, 5.74) is 0.683. The second-order valence-corrected chi connectivity index (χ2v) is 6.53. The van der Waals surface area contributed by atoms with Gasteiger partial charge in [-0.15, -0.1) is 0 Å². The van der Waals surface area contributed by atoms with Crippen molar-refractivity contribution >= 4 is 0 Å². The van der Waals surface area contributed by atoms with Crippen LogP contribution in [0.2, 0.25) is 0 Å².